The lowest BCUT2D eigenvalue weighted by molar-refractivity contribution is -0.274. The van der Waals surface area contributed by atoms with Crippen molar-refractivity contribution >= 4 is 12.6 Å². The molecule has 13 heavy (non-hydrogen) atoms. The Labute approximate surface area is 76.7 Å². The molecule has 0 aromatic heterocycles. The van der Waals surface area contributed by atoms with E-state index in [1.54, 1.807) is 0 Å². The molecule has 0 radical (unpaired) electrons. The molecular formula is C7H4F4OS. The highest BCUT2D eigenvalue weighted by Gasteiger charge is 2.31. The van der Waals surface area contributed by atoms with E-state index in [2.05, 4.69) is 17.4 Å². The van der Waals surface area contributed by atoms with Crippen LogP contribution in [0.25, 0.3) is 0 Å². The zero-order valence-electron chi connectivity index (χ0n) is 6.10. The van der Waals surface area contributed by atoms with Gasteiger partial charge in [0.05, 0.1) is 0 Å². The van der Waals surface area contributed by atoms with E-state index < -0.39 is 17.9 Å². The summed E-state index contributed by atoms with van der Waals surface area (Å²) in [6.45, 7) is 0. The molecule has 0 unspecified atom stereocenters. The number of hydrogen-bond acceptors (Lipinski definition) is 2. The zero-order chi connectivity index (χ0) is 10.1. The first-order valence-electron chi connectivity index (χ1n) is 3.12. The van der Waals surface area contributed by atoms with Gasteiger partial charge in [0.2, 0.25) is 0 Å². The first kappa shape index (κ1) is 10.2. The summed E-state index contributed by atoms with van der Waals surface area (Å²) in [6.07, 6.45) is -4.81. The van der Waals surface area contributed by atoms with E-state index in [9.17, 15) is 17.6 Å². The second kappa shape index (κ2) is 3.45. The van der Waals surface area contributed by atoms with Crippen molar-refractivity contribution in [2.24, 2.45) is 0 Å². The van der Waals surface area contributed by atoms with Gasteiger partial charge in [-0.1, -0.05) is 0 Å². The SMILES string of the molecule is Fc1cc(S)cc(OC(F)(F)F)c1. The zero-order valence-corrected chi connectivity index (χ0v) is 6.99. The second-order valence-electron chi connectivity index (χ2n) is 2.19. The van der Waals surface area contributed by atoms with Gasteiger partial charge in [-0.3, -0.25) is 0 Å². The van der Waals surface area contributed by atoms with Crippen LogP contribution in [-0.4, -0.2) is 6.36 Å². The minimum atomic E-state index is -4.81. The molecule has 1 nitrogen and oxygen atoms in total. The molecule has 0 saturated carbocycles. The van der Waals surface area contributed by atoms with Crippen molar-refractivity contribution in [3.8, 4) is 5.75 Å². The minimum Gasteiger partial charge on any atom is -0.406 e. The van der Waals surface area contributed by atoms with E-state index in [1.165, 1.54) is 0 Å². The monoisotopic (exact) mass is 212 g/mol. The van der Waals surface area contributed by atoms with E-state index in [4.69, 9.17) is 0 Å². The van der Waals surface area contributed by atoms with Gasteiger partial charge >= 0.3 is 6.36 Å². The second-order valence-corrected chi connectivity index (χ2v) is 2.71. The Bertz CT molecular complexity index is 290. The third-order valence-electron chi connectivity index (χ3n) is 1.09. The lowest BCUT2D eigenvalue weighted by Crippen LogP contribution is -2.17. The van der Waals surface area contributed by atoms with Crippen molar-refractivity contribution in [2.75, 3.05) is 0 Å². The highest BCUT2D eigenvalue weighted by atomic mass is 32.1. The number of benzene rings is 1. The van der Waals surface area contributed by atoms with Crippen LogP contribution in [0.4, 0.5) is 17.6 Å². The van der Waals surface area contributed by atoms with Gasteiger partial charge in [0.15, 0.2) is 0 Å². The van der Waals surface area contributed by atoms with Crippen LogP contribution in [-0.2, 0) is 0 Å². The fourth-order valence-electron chi connectivity index (χ4n) is 0.740. The van der Waals surface area contributed by atoms with E-state index in [1.807, 2.05) is 0 Å². The highest BCUT2D eigenvalue weighted by Crippen LogP contribution is 2.25. The molecule has 0 N–H and O–H groups in total. The van der Waals surface area contributed by atoms with Crippen LogP contribution in [0.3, 0.4) is 0 Å². The van der Waals surface area contributed by atoms with Gasteiger partial charge in [0, 0.05) is 11.0 Å². The van der Waals surface area contributed by atoms with Gasteiger partial charge in [-0.15, -0.1) is 25.8 Å². The Morgan fingerprint density at radius 2 is 1.77 bits per heavy atom. The number of thiol groups is 1. The number of hydrogen-bond donors (Lipinski definition) is 1. The van der Waals surface area contributed by atoms with Crippen molar-refractivity contribution < 1.29 is 22.3 Å². The van der Waals surface area contributed by atoms with Crippen LogP contribution in [0.5, 0.6) is 5.75 Å². The molecule has 72 valence electrons. The Kier molecular flexibility index (Phi) is 2.70. The Morgan fingerprint density at radius 3 is 2.23 bits per heavy atom. The normalized spacial score (nSPS) is 11.5. The fourth-order valence-corrected chi connectivity index (χ4v) is 0.991. The highest BCUT2D eigenvalue weighted by molar-refractivity contribution is 7.80. The van der Waals surface area contributed by atoms with E-state index in [0.29, 0.717) is 6.07 Å². The average Bonchev–Trinajstić information content (AvgIpc) is 1.78. The van der Waals surface area contributed by atoms with Gasteiger partial charge < -0.3 is 4.74 Å². The molecule has 1 rings (SSSR count). The quantitative estimate of drug-likeness (QED) is 0.556. The number of alkyl halides is 3. The van der Waals surface area contributed by atoms with Crippen LogP contribution in [0.1, 0.15) is 0 Å². The maximum absolute atomic E-state index is 12.5. The van der Waals surface area contributed by atoms with Crippen molar-refractivity contribution in [3.05, 3.63) is 24.0 Å². The molecule has 0 aliphatic rings. The topological polar surface area (TPSA) is 9.23 Å². The molecular weight excluding hydrogens is 208 g/mol. The van der Waals surface area contributed by atoms with Crippen LogP contribution >= 0.6 is 12.6 Å². The third kappa shape index (κ3) is 3.54. The molecule has 1 aromatic rings. The molecule has 0 saturated heterocycles. The standard InChI is InChI=1S/C7H4F4OS/c8-4-1-5(3-6(13)2-4)12-7(9,10)11/h1-3,13H. The first-order valence-corrected chi connectivity index (χ1v) is 3.57. The van der Waals surface area contributed by atoms with Gasteiger partial charge in [-0.05, 0) is 12.1 Å². The maximum Gasteiger partial charge on any atom is 0.573 e. The lowest BCUT2D eigenvalue weighted by atomic mass is 10.3. The molecule has 1 aromatic carbocycles. The minimum absolute atomic E-state index is 0.0688. The predicted molar refractivity (Wildman–Crippen MR) is 40.3 cm³/mol. The summed E-state index contributed by atoms with van der Waals surface area (Å²) in [7, 11) is 0. The van der Waals surface area contributed by atoms with E-state index >= 15 is 0 Å². The third-order valence-corrected chi connectivity index (χ3v) is 1.35. The molecule has 0 aliphatic heterocycles. The lowest BCUT2D eigenvalue weighted by Gasteiger charge is -2.08. The van der Waals surface area contributed by atoms with Gasteiger partial charge in [0.1, 0.15) is 11.6 Å². The molecule has 0 heterocycles. The Morgan fingerprint density at radius 1 is 1.15 bits per heavy atom. The fraction of sp³-hybridized carbons (Fsp3) is 0.143. The van der Waals surface area contributed by atoms with E-state index in [0.717, 1.165) is 12.1 Å². The molecule has 0 spiro atoms. The Hall–Kier alpha value is -0.910. The van der Waals surface area contributed by atoms with Crippen molar-refractivity contribution in [1.82, 2.24) is 0 Å². The van der Waals surface area contributed by atoms with Gasteiger partial charge in [-0.2, -0.15) is 0 Å². The van der Waals surface area contributed by atoms with Crippen molar-refractivity contribution in [3.63, 3.8) is 0 Å². The van der Waals surface area contributed by atoms with Crippen molar-refractivity contribution in [1.29, 1.82) is 0 Å². The molecule has 0 bridgehead atoms. The molecule has 0 aliphatic carbocycles. The van der Waals surface area contributed by atoms with Crippen LogP contribution in [0.15, 0.2) is 23.1 Å². The van der Waals surface area contributed by atoms with Crippen LogP contribution < -0.4 is 4.74 Å². The first-order chi connectivity index (χ1) is 5.87. The molecule has 0 amide bonds. The summed E-state index contributed by atoms with van der Waals surface area (Å²) in [5.41, 5.74) is 0. The van der Waals surface area contributed by atoms with Crippen LogP contribution in [0.2, 0.25) is 0 Å². The number of rotatable bonds is 1. The summed E-state index contributed by atoms with van der Waals surface area (Å²) in [4.78, 5) is 0.0688. The predicted octanol–water partition coefficient (Wildman–Crippen LogP) is 3.01. The summed E-state index contributed by atoms with van der Waals surface area (Å²) >= 11 is 3.69. The molecule has 0 atom stereocenters. The average molecular weight is 212 g/mol. The maximum atomic E-state index is 12.5. The summed E-state index contributed by atoms with van der Waals surface area (Å²) in [5, 5.41) is 0. The smallest absolute Gasteiger partial charge is 0.406 e. The largest absolute Gasteiger partial charge is 0.573 e. The Balaban J connectivity index is 2.90. The summed E-state index contributed by atoms with van der Waals surface area (Å²) in [6, 6.07) is 2.58. The van der Waals surface area contributed by atoms with Crippen LogP contribution in [0, 0.1) is 5.82 Å². The van der Waals surface area contributed by atoms with Gasteiger partial charge in [-0.25, -0.2) is 4.39 Å². The summed E-state index contributed by atoms with van der Waals surface area (Å²) < 4.78 is 50.9. The number of halogens is 4. The van der Waals surface area contributed by atoms with Crippen molar-refractivity contribution in [2.45, 2.75) is 11.3 Å². The number of ether oxygens (including phenoxy) is 1. The van der Waals surface area contributed by atoms with Gasteiger partial charge in [0.25, 0.3) is 0 Å². The molecule has 6 heteroatoms. The van der Waals surface area contributed by atoms with E-state index in [-0.39, 0.29) is 4.90 Å². The summed E-state index contributed by atoms with van der Waals surface area (Å²) in [5.74, 6) is -1.44. The molecule has 0 fully saturated rings.